The number of aliphatic hydroxyl groups is 1. The Kier molecular flexibility index (Phi) is 7.48. The van der Waals surface area contributed by atoms with Crippen LogP contribution in [-0.4, -0.2) is 75.3 Å². The van der Waals surface area contributed by atoms with Crippen LogP contribution < -0.4 is 0 Å². The third-order valence-electron chi connectivity index (χ3n) is 5.33. The van der Waals surface area contributed by atoms with Gasteiger partial charge in [0.2, 0.25) is 0 Å². The molecular weight excluding hydrogens is 463 g/mol. The normalized spacial score (nSPS) is 16.1. The summed E-state index contributed by atoms with van der Waals surface area (Å²) in [5, 5.41) is 19.9. The maximum Gasteiger partial charge on any atom is 0.186 e. The van der Waals surface area contributed by atoms with E-state index in [0.717, 1.165) is 5.75 Å². The molecule has 0 saturated carbocycles. The molecule has 1 N–H and O–H groups in total. The largest absolute Gasteiger partial charge is 0.380 e. The summed E-state index contributed by atoms with van der Waals surface area (Å²) in [5.74, 6) is 0.494. The van der Waals surface area contributed by atoms with E-state index in [4.69, 9.17) is 14.2 Å². The van der Waals surface area contributed by atoms with Gasteiger partial charge in [-0.25, -0.2) is 23.8 Å². The summed E-state index contributed by atoms with van der Waals surface area (Å²) in [4.78, 5) is 11.4. The van der Waals surface area contributed by atoms with Crippen LogP contribution in [0, 0.1) is 5.82 Å². The lowest BCUT2D eigenvalue weighted by atomic mass is 10.1. The first-order valence-corrected chi connectivity index (χ1v) is 13.8. The van der Waals surface area contributed by atoms with Crippen molar-refractivity contribution in [1.29, 1.82) is 0 Å². The second-order valence-corrected chi connectivity index (χ2v) is 13.4. The van der Waals surface area contributed by atoms with Gasteiger partial charge >= 0.3 is 0 Å². The number of nitrogens with zero attached hydrogens (tertiary/aromatic N) is 4. The van der Waals surface area contributed by atoms with Gasteiger partial charge < -0.3 is 19.3 Å². The number of aldehydes is 1. The van der Waals surface area contributed by atoms with E-state index < -0.39 is 28.2 Å². The van der Waals surface area contributed by atoms with Crippen molar-refractivity contribution < 1.29 is 28.5 Å². The minimum Gasteiger partial charge on any atom is -0.380 e. The number of hydrogen-bond acceptors (Lipinski definition) is 7. The molecule has 11 heteroatoms. The second kappa shape index (κ2) is 10.4. The predicted molar refractivity (Wildman–Crippen MR) is 126 cm³/mol. The molecule has 1 aliphatic rings. The Hall–Kier alpha value is -2.57. The number of carbonyl (C=O) groups is 1. The number of carbonyl (C=O) groups excluding carboxylic acids is 1. The van der Waals surface area contributed by atoms with Gasteiger partial charge in [-0.1, -0.05) is 0 Å². The average molecular weight is 493 g/mol. The number of hydrogen-bond donors (Lipinski definition) is 1. The molecule has 1 saturated heterocycles. The molecule has 0 aliphatic carbocycles. The molecule has 0 spiro atoms. The lowest BCUT2D eigenvalue weighted by Crippen LogP contribution is -2.17. The zero-order valence-corrected chi connectivity index (χ0v) is 20.2. The summed E-state index contributed by atoms with van der Waals surface area (Å²) >= 11 is 0. The van der Waals surface area contributed by atoms with E-state index in [2.05, 4.69) is 29.0 Å². The third-order valence-corrected chi connectivity index (χ3v) is 6.72. The Morgan fingerprint density at radius 3 is 2.71 bits per heavy atom. The van der Waals surface area contributed by atoms with Crippen LogP contribution >= 0.6 is 10.0 Å². The van der Waals surface area contributed by atoms with E-state index in [9.17, 15) is 14.3 Å². The monoisotopic (exact) mass is 492 g/mol. The molecule has 3 aromatic rings. The molecule has 9 nitrogen and oxygen atoms in total. The van der Waals surface area contributed by atoms with Crippen LogP contribution in [0.25, 0.3) is 5.69 Å². The van der Waals surface area contributed by atoms with E-state index in [1.807, 2.05) is 0 Å². The lowest BCUT2D eigenvalue weighted by molar-refractivity contribution is -0.0443. The maximum absolute atomic E-state index is 14.0. The molecule has 1 fully saturated rings. The standard InChI is InChI=1S/C23H29FN4O5S/c1-34(2,3)11-10-31-15-27-21(13-17(14-29)26-27)22(30)20-6-7-25-28(20)19-5-4-16(24)12-18(19)23-32-8-9-33-23/h4-7,12-14,22-23,30H,8-11,15H2,1-3H3. The Morgan fingerprint density at radius 2 is 2.00 bits per heavy atom. The molecule has 34 heavy (non-hydrogen) atoms. The predicted octanol–water partition coefficient (Wildman–Crippen LogP) is 2.82. The topological polar surface area (TPSA) is 101 Å². The van der Waals surface area contributed by atoms with Crippen LogP contribution in [0.1, 0.15) is 39.8 Å². The van der Waals surface area contributed by atoms with Gasteiger partial charge in [-0.15, -0.1) is 0 Å². The van der Waals surface area contributed by atoms with Gasteiger partial charge in [0.25, 0.3) is 0 Å². The van der Waals surface area contributed by atoms with Gasteiger partial charge in [-0.2, -0.15) is 10.2 Å². The Balaban J connectivity index is 1.63. The van der Waals surface area contributed by atoms with E-state index in [1.54, 1.807) is 12.1 Å². The Labute approximate surface area is 198 Å². The minimum absolute atomic E-state index is 0.0927. The summed E-state index contributed by atoms with van der Waals surface area (Å²) in [7, 11) is -0.709. The van der Waals surface area contributed by atoms with Crippen LogP contribution in [0.4, 0.5) is 4.39 Å². The molecule has 1 atom stereocenters. The van der Waals surface area contributed by atoms with Crippen molar-refractivity contribution in [2.75, 3.05) is 44.3 Å². The molecule has 184 valence electrons. The molecule has 2 aromatic heterocycles. The summed E-state index contributed by atoms with van der Waals surface area (Å²) in [5.41, 5.74) is 1.94. The number of aromatic nitrogens is 4. The molecule has 1 aromatic carbocycles. The van der Waals surface area contributed by atoms with E-state index >= 15 is 0 Å². The fourth-order valence-electron chi connectivity index (χ4n) is 3.61. The molecule has 1 unspecified atom stereocenters. The van der Waals surface area contributed by atoms with Gasteiger partial charge in [-0.3, -0.25) is 4.79 Å². The molecular formula is C23H29FN4O5S. The van der Waals surface area contributed by atoms with E-state index in [-0.39, 0.29) is 12.4 Å². The fraction of sp³-hybridized carbons (Fsp3) is 0.435. The number of rotatable bonds is 10. The smallest absolute Gasteiger partial charge is 0.186 e. The highest BCUT2D eigenvalue weighted by Gasteiger charge is 2.27. The van der Waals surface area contributed by atoms with Crippen LogP contribution in [0.5, 0.6) is 0 Å². The first-order chi connectivity index (χ1) is 16.3. The quantitative estimate of drug-likeness (QED) is 0.343. The molecule has 0 amide bonds. The summed E-state index contributed by atoms with van der Waals surface area (Å²) < 4.78 is 33.9. The fourth-order valence-corrected chi connectivity index (χ4v) is 4.23. The third kappa shape index (κ3) is 5.56. The highest BCUT2D eigenvalue weighted by Crippen LogP contribution is 2.34. The number of ether oxygens (including phenoxy) is 3. The second-order valence-electron chi connectivity index (χ2n) is 8.79. The van der Waals surface area contributed by atoms with Crippen molar-refractivity contribution in [2.45, 2.75) is 19.1 Å². The van der Waals surface area contributed by atoms with Crippen molar-refractivity contribution in [2.24, 2.45) is 0 Å². The molecule has 4 rings (SSSR count). The summed E-state index contributed by atoms with van der Waals surface area (Å²) in [6, 6.07) is 7.37. The highest BCUT2D eigenvalue weighted by atomic mass is 32.3. The zero-order valence-electron chi connectivity index (χ0n) is 19.4. The Morgan fingerprint density at radius 1 is 1.24 bits per heavy atom. The van der Waals surface area contributed by atoms with Crippen LogP contribution in [0.2, 0.25) is 0 Å². The number of benzene rings is 1. The molecule has 0 bridgehead atoms. The van der Waals surface area contributed by atoms with Gasteiger partial charge in [0.05, 0.1) is 36.9 Å². The number of aliphatic hydroxyl groups excluding tert-OH is 1. The zero-order chi connectivity index (χ0) is 24.3. The van der Waals surface area contributed by atoms with Crippen molar-refractivity contribution in [3.05, 3.63) is 65.0 Å². The number of halogens is 1. The maximum atomic E-state index is 14.0. The van der Waals surface area contributed by atoms with Gasteiger partial charge in [0.15, 0.2) is 12.6 Å². The van der Waals surface area contributed by atoms with Gasteiger partial charge in [0.1, 0.15) is 24.3 Å². The molecule has 1 aliphatic heterocycles. The lowest BCUT2D eigenvalue weighted by Gasteiger charge is -2.24. The average Bonchev–Trinajstić information content (AvgIpc) is 3.56. The first-order valence-electron chi connectivity index (χ1n) is 10.8. The van der Waals surface area contributed by atoms with Gasteiger partial charge in [-0.05, 0) is 49.1 Å². The summed E-state index contributed by atoms with van der Waals surface area (Å²) in [6.45, 7) is 1.44. The van der Waals surface area contributed by atoms with Crippen LogP contribution in [0.3, 0.4) is 0 Å². The highest BCUT2D eigenvalue weighted by molar-refractivity contribution is 8.32. The molecule has 3 heterocycles. The minimum atomic E-state index is -1.18. The van der Waals surface area contributed by atoms with Crippen molar-refractivity contribution in [1.82, 2.24) is 19.6 Å². The summed E-state index contributed by atoms with van der Waals surface area (Å²) in [6.07, 6.45) is 6.86. The van der Waals surface area contributed by atoms with Crippen molar-refractivity contribution >= 4 is 16.3 Å². The molecule has 0 radical (unpaired) electrons. The van der Waals surface area contributed by atoms with E-state index in [0.29, 0.717) is 48.7 Å². The Bertz CT molecular complexity index is 1140. The van der Waals surface area contributed by atoms with E-state index in [1.165, 1.54) is 33.8 Å². The first kappa shape index (κ1) is 24.6. The van der Waals surface area contributed by atoms with Crippen LogP contribution in [0.15, 0.2) is 36.5 Å². The van der Waals surface area contributed by atoms with Gasteiger partial charge in [0, 0.05) is 17.5 Å². The SMILES string of the molecule is CS(C)(C)CCOCn1nc(C=O)cc1C(O)c1ccnn1-c1ccc(F)cc1C1OCCO1. The van der Waals surface area contributed by atoms with Crippen molar-refractivity contribution in [3.63, 3.8) is 0 Å². The van der Waals surface area contributed by atoms with Crippen LogP contribution in [-0.2, 0) is 20.9 Å². The van der Waals surface area contributed by atoms with Crippen molar-refractivity contribution in [3.8, 4) is 5.69 Å².